The van der Waals surface area contributed by atoms with Crippen LogP contribution in [0.2, 0.25) is 0 Å². The molecule has 0 atom stereocenters. The number of piperidine rings is 1. The molecule has 0 bridgehead atoms. The Bertz CT molecular complexity index is 638. The second kappa shape index (κ2) is 12.6. The molecule has 166 valence electrons. The van der Waals surface area contributed by atoms with Gasteiger partial charge in [-0.15, -0.1) is 0 Å². The van der Waals surface area contributed by atoms with E-state index in [1.165, 1.54) is 24.8 Å². The van der Waals surface area contributed by atoms with Gasteiger partial charge in [0.25, 0.3) is 0 Å². The highest BCUT2D eigenvalue weighted by Gasteiger charge is 2.25. The predicted octanol–water partition coefficient (Wildman–Crippen LogP) is 3.65. The van der Waals surface area contributed by atoms with Crippen molar-refractivity contribution in [1.29, 1.82) is 0 Å². The number of nitrogens with zero attached hydrogens (tertiary/aromatic N) is 1. The van der Waals surface area contributed by atoms with Crippen LogP contribution in [0, 0.1) is 0 Å². The number of nitrogens with one attached hydrogen (secondary N) is 2. The molecular weight excluding hydrogens is 378 g/mol. The number of benzene rings is 1. The second-order valence-electron chi connectivity index (χ2n) is 8.56. The maximum Gasteiger partial charge on any atom is 0.317 e. The van der Waals surface area contributed by atoms with Gasteiger partial charge in [0.15, 0.2) is 0 Å². The Morgan fingerprint density at radius 3 is 2.33 bits per heavy atom. The molecule has 1 saturated heterocycles. The molecule has 1 aromatic carbocycles. The summed E-state index contributed by atoms with van der Waals surface area (Å²) in [5, 5.41) is 6.31. The fourth-order valence-electron chi connectivity index (χ4n) is 4.31. The highest BCUT2D eigenvalue weighted by molar-refractivity contribution is 5.76. The van der Waals surface area contributed by atoms with Crippen LogP contribution in [0.25, 0.3) is 0 Å². The van der Waals surface area contributed by atoms with Crippen LogP contribution in [0.4, 0.5) is 4.79 Å². The van der Waals surface area contributed by atoms with Crippen molar-refractivity contribution in [3.05, 3.63) is 35.9 Å². The van der Waals surface area contributed by atoms with Gasteiger partial charge >= 0.3 is 6.03 Å². The molecule has 2 fully saturated rings. The highest BCUT2D eigenvalue weighted by atomic mass is 16.5. The summed E-state index contributed by atoms with van der Waals surface area (Å²) in [7, 11) is 0. The van der Waals surface area contributed by atoms with Crippen LogP contribution in [0.5, 0.6) is 0 Å². The van der Waals surface area contributed by atoms with Crippen LogP contribution in [-0.2, 0) is 16.0 Å². The maximum atomic E-state index is 12.4. The average Bonchev–Trinajstić information content (AvgIpc) is 2.78. The molecular formula is C24H37N3O3. The van der Waals surface area contributed by atoms with Gasteiger partial charge in [0.05, 0.1) is 6.61 Å². The van der Waals surface area contributed by atoms with E-state index in [-0.39, 0.29) is 18.0 Å². The first-order valence-electron chi connectivity index (χ1n) is 11.7. The van der Waals surface area contributed by atoms with E-state index in [1.807, 2.05) is 23.1 Å². The fourth-order valence-corrected chi connectivity index (χ4v) is 4.31. The molecule has 6 nitrogen and oxygen atoms in total. The van der Waals surface area contributed by atoms with Crippen molar-refractivity contribution in [2.75, 3.05) is 26.3 Å². The summed E-state index contributed by atoms with van der Waals surface area (Å²) in [5.74, 6) is 0.0896. The molecule has 2 N–H and O–H groups in total. The number of urea groups is 1. The molecule has 0 radical (unpaired) electrons. The third-order valence-electron chi connectivity index (χ3n) is 6.15. The van der Waals surface area contributed by atoms with Crippen LogP contribution in [-0.4, -0.2) is 55.2 Å². The van der Waals surface area contributed by atoms with E-state index in [9.17, 15) is 9.59 Å². The molecule has 1 saturated carbocycles. The number of hydrogen-bond donors (Lipinski definition) is 2. The van der Waals surface area contributed by atoms with Gasteiger partial charge in [0, 0.05) is 38.2 Å². The van der Waals surface area contributed by atoms with Gasteiger partial charge in [-0.2, -0.15) is 0 Å². The minimum absolute atomic E-state index is 0.0688. The van der Waals surface area contributed by atoms with Crippen LogP contribution in [0.1, 0.15) is 63.4 Å². The highest BCUT2D eigenvalue weighted by Crippen LogP contribution is 2.18. The maximum absolute atomic E-state index is 12.4. The lowest BCUT2D eigenvalue weighted by Crippen LogP contribution is -2.51. The van der Waals surface area contributed by atoms with Gasteiger partial charge in [0.2, 0.25) is 5.91 Å². The summed E-state index contributed by atoms with van der Waals surface area (Å²) in [6.45, 7) is 2.73. The Hall–Kier alpha value is -2.08. The van der Waals surface area contributed by atoms with Crippen LogP contribution >= 0.6 is 0 Å². The Balaban J connectivity index is 1.21. The number of carbonyl (C=O) groups excluding carboxylic acids is 2. The molecule has 1 aliphatic carbocycles. The number of likely N-dealkylation sites (tertiary alicyclic amines) is 1. The Morgan fingerprint density at radius 1 is 0.900 bits per heavy atom. The molecule has 3 amide bonds. The minimum atomic E-state index is 0.0688. The molecule has 30 heavy (non-hydrogen) atoms. The van der Waals surface area contributed by atoms with Crippen LogP contribution in [0.15, 0.2) is 30.3 Å². The monoisotopic (exact) mass is 415 g/mol. The van der Waals surface area contributed by atoms with Crippen molar-refractivity contribution in [1.82, 2.24) is 15.5 Å². The van der Waals surface area contributed by atoms with Gasteiger partial charge in [0.1, 0.15) is 0 Å². The van der Waals surface area contributed by atoms with E-state index in [4.69, 9.17) is 4.74 Å². The topological polar surface area (TPSA) is 70.7 Å². The zero-order valence-electron chi connectivity index (χ0n) is 18.1. The van der Waals surface area contributed by atoms with E-state index in [2.05, 4.69) is 22.8 Å². The van der Waals surface area contributed by atoms with Crippen LogP contribution < -0.4 is 10.6 Å². The lowest BCUT2D eigenvalue weighted by molar-refractivity contribution is -0.122. The Morgan fingerprint density at radius 2 is 1.60 bits per heavy atom. The van der Waals surface area contributed by atoms with Crippen molar-refractivity contribution in [2.45, 2.75) is 76.3 Å². The summed E-state index contributed by atoms with van der Waals surface area (Å²) in [6.07, 6.45) is 9.74. The van der Waals surface area contributed by atoms with Gasteiger partial charge in [-0.3, -0.25) is 4.79 Å². The first kappa shape index (κ1) is 22.6. The molecule has 0 aromatic heterocycles. The molecule has 1 heterocycles. The molecule has 3 rings (SSSR count). The van der Waals surface area contributed by atoms with Crippen molar-refractivity contribution in [2.24, 2.45) is 0 Å². The first-order valence-corrected chi connectivity index (χ1v) is 11.7. The average molecular weight is 416 g/mol. The SMILES string of the molecule is O=C(CCCOCCc1ccccc1)NC1CCN(C(=O)NC2CCCCC2)CC1. The number of amides is 3. The summed E-state index contributed by atoms with van der Waals surface area (Å²) in [6, 6.07) is 10.9. The molecule has 2 aliphatic rings. The molecule has 0 spiro atoms. The quantitative estimate of drug-likeness (QED) is 0.605. The molecule has 0 unspecified atom stereocenters. The van der Waals surface area contributed by atoms with E-state index >= 15 is 0 Å². The van der Waals surface area contributed by atoms with Crippen molar-refractivity contribution >= 4 is 11.9 Å². The number of carbonyl (C=O) groups is 2. The van der Waals surface area contributed by atoms with Gasteiger partial charge in [-0.25, -0.2) is 4.79 Å². The number of ether oxygens (including phenoxy) is 1. The lowest BCUT2D eigenvalue weighted by Gasteiger charge is -2.34. The summed E-state index contributed by atoms with van der Waals surface area (Å²) >= 11 is 0. The fraction of sp³-hybridized carbons (Fsp3) is 0.667. The summed E-state index contributed by atoms with van der Waals surface area (Å²) in [4.78, 5) is 26.5. The van der Waals surface area contributed by atoms with Gasteiger partial charge in [-0.05, 0) is 44.1 Å². The van der Waals surface area contributed by atoms with E-state index < -0.39 is 0 Å². The first-order chi connectivity index (χ1) is 14.7. The van der Waals surface area contributed by atoms with Crippen molar-refractivity contribution < 1.29 is 14.3 Å². The molecule has 6 heteroatoms. The number of hydrogen-bond acceptors (Lipinski definition) is 3. The van der Waals surface area contributed by atoms with Crippen LogP contribution in [0.3, 0.4) is 0 Å². The van der Waals surface area contributed by atoms with Gasteiger partial charge < -0.3 is 20.3 Å². The van der Waals surface area contributed by atoms with Gasteiger partial charge in [-0.1, -0.05) is 49.6 Å². The number of rotatable bonds is 9. The van der Waals surface area contributed by atoms with E-state index in [0.29, 0.717) is 38.8 Å². The molecule has 1 aromatic rings. The molecule has 1 aliphatic heterocycles. The predicted molar refractivity (Wildman–Crippen MR) is 118 cm³/mol. The van der Waals surface area contributed by atoms with Crippen molar-refractivity contribution in [3.63, 3.8) is 0 Å². The third-order valence-corrected chi connectivity index (χ3v) is 6.15. The standard InChI is InChI=1S/C24H37N3O3/c28-23(12-7-18-30-19-15-20-8-3-1-4-9-20)25-22-13-16-27(17-14-22)24(29)26-21-10-5-2-6-11-21/h1,3-4,8-9,21-22H,2,5-7,10-19H2,(H,25,28)(H,26,29). The second-order valence-corrected chi connectivity index (χ2v) is 8.56. The normalized spacial score (nSPS) is 18.2. The largest absolute Gasteiger partial charge is 0.381 e. The summed E-state index contributed by atoms with van der Waals surface area (Å²) < 4.78 is 5.65. The zero-order chi connectivity index (χ0) is 21.0. The van der Waals surface area contributed by atoms with Crippen molar-refractivity contribution in [3.8, 4) is 0 Å². The zero-order valence-corrected chi connectivity index (χ0v) is 18.1. The smallest absolute Gasteiger partial charge is 0.317 e. The Labute approximate surface area is 180 Å². The third kappa shape index (κ3) is 7.98. The summed E-state index contributed by atoms with van der Waals surface area (Å²) in [5.41, 5.74) is 1.27. The Kier molecular flexibility index (Phi) is 9.48. The lowest BCUT2D eigenvalue weighted by atomic mass is 9.95. The van der Waals surface area contributed by atoms with E-state index in [1.54, 1.807) is 0 Å². The van der Waals surface area contributed by atoms with E-state index in [0.717, 1.165) is 38.5 Å². The minimum Gasteiger partial charge on any atom is -0.381 e.